The molecule has 3 rings (SSSR count). The molecule has 0 radical (unpaired) electrons. The molecule has 0 bridgehead atoms. The first-order valence-electron chi connectivity index (χ1n) is 9.62. The van der Waals surface area contributed by atoms with E-state index in [1.165, 1.54) is 0 Å². The molecule has 1 aliphatic rings. The van der Waals surface area contributed by atoms with Crippen molar-refractivity contribution in [3.63, 3.8) is 0 Å². The largest absolute Gasteiger partial charge is 0.256 e. The third-order valence-corrected chi connectivity index (χ3v) is 8.76. The molecule has 1 aliphatic heterocycles. The van der Waals surface area contributed by atoms with Crippen molar-refractivity contribution >= 4 is 19.9 Å². The van der Waals surface area contributed by atoms with Crippen LogP contribution in [0.4, 0.5) is 0 Å². The molecular formula is C20H27N3O4S2. The van der Waals surface area contributed by atoms with Gasteiger partial charge in [-0.25, -0.2) is 22.3 Å². The van der Waals surface area contributed by atoms with Crippen LogP contribution in [0.15, 0.2) is 58.3 Å². The molecule has 1 unspecified atom stereocenters. The summed E-state index contributed by atoms with van der Waals surface area (Å²) in [5.74, 6) is 0. The Kier molecular flexibility index (Phi) is 6.75. The van der Waals surface area contributed by atoms with Gasteiger partial charge in [-0.15, -0.1) is 4.41 Å². The fourth-order valence-electron chi connectivity index (χ4n) is 3.18. The lowest BCUT2D eigenvalue weighted by molar-refractivity contribution is 0.260. The van der Waals surface area contributed by atoms with Gasteiger partial charge in [0.15, 0.2) is 9.84 Å². The Morgan fingerprint density at radius 1 is 0.793 bits per heavy atom. The van der Waals surface area contributed by atoms with E-state index >= 15 is 0 Å². The van der Waals surface area contributed by atoms with Crippen LogP contribution in [-0.2, 0) is 19.9 Å². The van der Waals surface area contributed by atoms with Crippen LogP contribution in [0.2, 0.25) is 0 Å². The lowest BCUT2D eigenvalue weighted by Gasteiger charge is -2.25. The van der Waals surface area contributed by atoms with Crippen molar-refractivity contribution < 1.29 is 16.8 Å². The van der Waals surface area contributed by atoms with Crippen LogP contribution in [0, 0.1) is 13.8 Å². The van der Waals surface area contributed by atoms with E-state index in [-0.39, 0.29) is 16.3 Å². The van der Waals surface area contributed by atoms with Crippen molar-refractivity contribution in [2.45, 2.75) is 54.7 Å². The first kappa shape index (κ1) is 21.9. The van der Waals surface area contributed by atoms with E-state index in [0.29, 0.717) is 19.3 Å². The Hall–Kier alpha value is -1.78. The number of benzene rings is 2. The standard InChI is InChI=1S/C20H27N3O4S2/c1-16-7-11-18(12-8-16)28(24,25)20-6-4-3-5-15-23(22-21-20)29(26,27)19-13-9-17(2)10-14-19/h7-14,20-22H,3-6,15H2,1-2H3. The van der Waals surface area contributed by atoms with Gasteiger partial charge in [-0.2, -0.15) is 5.53 Å². The summed E-state index contributed by atoms with van der Waals surface area (Å²) in [4.78, 5) is 0.379. The van der Waals surface area contributed by atoms with Crippen LogP contribution < -0.4 is 11.0 Å². The van der Waals surface area contributed by atoms with E-state index in [0.717, 1.165) is 22.0 Å². The number of sulfone groups is 1. The molecule has 158 valence electrons. The first-order chi connectivity index (χ1) is 13.7. The van der Waals surface area contributed by atoms with Crippen molar-refractivity contribution in [3.05, 3.63) is 59.7 Å². The summed E-state index contributed by atoms with van der Waals surface area (Å²) < 4.78 is 53.3. The SMILES string of the molecule is Cc1ccc(S(=O)(=O)C2CCCCCN(S(=O)(=O)c3ccc(C)cc3)NN2)cc1. The molecule has 7 nitrogen and oxygen atoms in total. The highest BCUT2D eigenvalue weighted by molar-refractivity contribution is 7.92. The monoisotopic (exact) mass is 437 g/mol. The van der Waals surface area contributed by atoms with Crippen LogP contribution in [0.5, 0.6) is 0 Å². The molecule has 9 heteroatoms. The molecule has 29 heavy (non-hydrogen) atoms. The first-order valence-corrected chi connectivity index (χ1v) is 12.6. The fourth-order valence-corrected chi connectivity index (χ4v) is 5.98. The van der Waals surface area contributed by atoms with Gasteiger partial charge < -0.3 is 0 Å². The zero-order valence-corrected chi connectivity index (χ0v) is 18.3. The Morgan fingerprint density at radius 3 is 1.93 bits per heavy atom. The summed E-state index contributed by atoms with van der Waals surface area (Å²) in [5.41, 5.74) is 7.36. The molecule has 0 aromatic heterocycles. The minimum Gasteiger partial charge on any atom is -0.224 e. The quantitative estimate of drug-likeness (QED) is 0.764. The van der Waals surface area contributed by atoms with Gasteiger partial charge in [0.2, 0.25) is 0 Å². The normalized spacial score (nSPS) is 19.9. The minimum absolute atomic E-state index is 0.162. The van der Waals surface area contributed by atoms with Crippen molar-refractivity contribution in [3.8, 4) is 0 Å². The van der Waals surface area contributed by atoms with E-state index in [9.17, 15) is 16.8 Å². The number of rotatable bonds is 4. The van der Waals surface area contributed by atoms with Crippen molar-refractivity contribution in [2.24, 2.45) is 0 Å². The average molecular weight is 438 g/mol. The van der Waals surface area contributed by atoms with Crippen LogP contribution in [-0.4, -0.2) is 33.2 Å². The fraction of sp³-hybridized carbons (Fsp3) is 0.400. The maximum atomic E-state index is 13.1. The van der Waals surface area contributed by atoms with Gasteiger partial charge in [0, 0.05) is 6.54 Å². The number of hydrogen-bond donors (Lipinski definition) is 2. The number of nitrogens with zero attached hydrogens (tertiary/aromatic N) is 1. The van der Waals surface area contributed by atoms with Gasteiger partial charge in [0.05, 0.1) is 9.79 Å². The Morgan fingerprint density at radius 2 is 1.34 bits per heavy atom. The van der Waals surface area contributed by atoms with Gasteiger partial charge in [0.25, 0.3) is 10.0 Å². The van der Waals surface area contributed by atoms with E-state index in [2.05, 4.69) is 11.0 Å². The second-order valence-electron chi connectivity index (χ2n) is 7.34. The molecule has 1 fully saturated rings. The molecule has 0 amide bonds. The smallest absolute Gasteiger partial charge is 0.224 e. The van der Waals surface area contributed by atoms with Gasteiger partial charge in [-0.1, -0.05) is 48.2 Å². The highest BCUT2D eigenvalue weighted by Crippen LogP contribution is 2.21. The Labute approximate surface area is 173 Å². The highest BCUT2D eigenvalue weighted by atomic mass is 32.2. The number of hydrogen-bond acceptors (Lipinski definition) is 6. The number of hydrazine groups is 2. The summed E-state index contributed by atoms with van der Waals surface area (Å²) in [6, 6.07) is 13.3. The predicted molar refractivity (Wildman–Crippen MR) is 112 cm³/mol. The number of sulfonamides is 1. The summed E-state index contributed by atoms with van der Waals surface area (Å²) in [7, 11) is -7.48. The highest BCUT2D eigenvalue weighted by Gasteiger charge is 2.31. The van der Waals surface area contributed by atoms with E-state index in [1.54, 1.807) is 48.5 Å². The third kappa shape index (κ3) is 5.04. The molecule has 0 aliphatic carbocycles. The maximum Gasteiger partial charge on any atom is 0.256 e. The zero-order chi connectivity index (χ0) is 21.1. The van der Waals surface area contributed by atoms with Crippen LogP contribution in [0.3, 0.4) is 0 Å². The molecule has 0 saturated carbocycles. The molecule has 2 N–H and O–H groups in total. The predicted octanol–water partition coefficient (Wildman–Crippen LogP) is 2.68. The Balaban J connectivity index is 1.84. The third-order valence-electron chi connectivity index (χ3n) is 5.01. The van der Waals surface area contributed by atoms with Crippen molar-refractivity contribution in [1.29, 1.82) is 0 Å². The topological polar surface area (TPSA) is 95.6 Å². The Bertz CT molecular complexity index is 949. The van der Waals surface area contributed by atoms with Crippen LogP contribution in [0.1, 0.15) is 36.8 Å². The molecule has 2 aromatic rings. The summed E-state index contributed by atoms with van der Waals surface area (Å²) in [6.07, 6.45) is 2.45. The van der Waals surface area contributed by atoms with Gasteiger partial charge in [-0.3, -0.25) is 0 Å². The van der Waals surface area contributed by atoms with Gasteiger partial charge in [0.1, 0.15) is 5.37 Å². The lowest BCUT2D eigenvalue weighted by atomic mass is 10.2. The molecule has 1 heterocycles. The molecular weight excluding hydrogens is 410 g/mol. The molecule has 1 atom stereocenters. The van der Waals surface area contributed by atoms with Crippen LogP contribution in [0.25, 0.3) is 0 Å². The number of nitrogens with one attached hydrogen (secondary N) is 2. The van der Waals surface area contributed by atoms with E-state index in [4.69, 9.17) is 0 Å². The molecule has 2 aromatic carbocycles. The van der Waals surface area contributed by atoms with Gasteiger partial charge >= 0.3 is 0 Å². The van der Waals surface area contributed by atoms with E-state index in [1.807, 2.05) is 13.8 Å². The molecule has 1 saturated heterocycles. The van der Waals surface area contributed by atoms with Crippen molar-refractivity contribution in [1.82, 2.24) is 15.4 Å². The lowest BCUT2D eigenvalue weighted by Crippen LogP contribution is -2.55. The van der Waals surface area contributed by atoms with Crippen molar-refractivity contribution in [2.75, 3.05) is 6.54 Å². The summed E-state index contributed by atoms with van der Waals surface area (Å²) >= 11 is 0. The van der Waals surface area contributed by atoms with Crippen LogP contribution >= 0.6 is 0 Å². The second kappa shape index (κ2) is 8.93. The second-order valence-corrected chi connectivity index (χ2v) is 11.3. The van der Waals surface area contributed by atoms with E-state index < -0.39 is 25.2 Å². The minimum atomic E-state index is -3.81. The zero-order valence-electron chi connectivity index (χ0n) is 16.6. The molecule has 0 spiro atoms. The maximum absolute atomic E-state index is 13.1. The van der Waals surface area contributed by atoms with Gasteiger partial charge in [-0.05, 0) is 51.0 Å². The average Bonchev–Trinajstić information content (AvgIpc) is 2.81. The summed E-state index contributed by atoms with van der Waals surface area (Å²) in [6.45, 7) is 4.03. The number of aryl methyl sites for hydroxylation is 2. The summed E-state index contributed by atoms with van der Waals surface area (Å²) in [5, 5.41) is -0.931.